The number of rotatable bonds is 7. The summed E-state index contributed by atoms with van der Waals surface area (Å²) >= 11 is 0. The van der Waals surface area contributed by atoms with Crippen molar-refractivity contribution < 1.29 is 17.7 Å². The molecular formula is C14H24N4O4S. The van der Waals surface area contributed by atoms with Crippen LogP contribution >= 0.6 is 0 Å². The molecule has 1 saturated heterocycles. The van der Waals surface area contributed by atoms with E-state index in [9.17, 15) is 13.2 Å². The van der Waals surface area contributed by atoms with Gasteiger partial charge in [-0.2, -0.15) is 4.72 Å². The van der Waals surface area contributed by atoms with E-state index < -0.39 is 16.1 Å². The van der Waals surface area contributed by atoms with E-state index in [1.165, 1.54) is 13.8 Å². The van der Waals surface area contributed by atoms with Crippen LogP contribution < -0.4 is 15.4 Å². The van der Waals surface area contributed by atoms with Crippen molar-refractivity contribution in [3.05, 3.63) is 11.5 Å². The van der Waals surface area contributed by atoms with Crippen LogP contribution in [-0.2, 0) is 14.8 Å². The van der Waals surface area contributed by atoms with E-state index >= 15 is 0 Å². The smallest absolute Gasteiger partial charge is 0.246 e. The Morgan fingerprint density at radius 1 is 1.48 bits per heavy atom. The maximum absolute atomic E-state index is 12.3. The van der Waals surface area contributed by atoms with E-state index in [0.29, 0.717) is 12.5 Å². The third kappa shape index (κ3) is 4.52. The number of carbonyl (C=O) groups is 1. The summed E-state index contributed by atoms with van der Waals surface area (Å²) in [6, 6.07) is -0.865. The molecule has 0 radical (unpaired) electrons. The van der Waals surface area contributed by atoms with Gasteiger partial charge in [0.05, 0.1) is 6.04 Å². The second-order valence-electron chi connectivity index (χ2n) is 5.93. The van der Waals surface area contributed by atoms with Crippen LogP contribution in [0, 0.1) is 19.8 Å². The van der Waals surface area contributed by atoms with Gasteiger partial charge in [0.25, 0.3) is 0 Å². The highest BCUT2D eigenvalue weighted by Crippen LogP contribution is 2.18. The highest BCUT2D eigenvalue weighted by molar-refractivity contribution is 7.89. The molecular weight excluding hydrogens is 320 g/mol. The number of amides is 1. The number of hydrogen-bond acceptors (Lipinski definition) is 6. The van der Waals surface area contributed by atoms with E-state index in [1.54, 1.807) is 6.92 Å². The van der Waals surface area contributed by atoms with Gasteiger partial charge in [-0.1, -0.05) is 5.16 Å². The Morgan fingerprint density at radius 3 is 2.78 bits per heavy atom. The van der Waals surface area contributed by atoms with Gasteiger partial charge in [0.1, 0.15) is 10.6 Å². The third-order valence-electron chi connectivity index (χ3n) is 3.98. The van der Waals surface area contributed by atoms with Crippen LogP contribution in [0.15, 0.2) is 9.42 Å². The monoisotopic (exact) mass is 344 g/mol. The minimum atomic E-state index is -3.84. The summed E-state index contributed by atoms with van der Waals surface area (Å²) in [5.41, 5.74) is 0.274. The zero-order valence-corrected chi connectivity index (χ0v) is 14.5. The van der Waals surface area contributed by atoms with Crippen LogP contribution in [0.1, 0.15) is 31.2 Å². The molecule has 1 aromatic rings. The lowest BCUT2D eigenvalue weighted by molar-refractivity contribution is -0.122. The van der Waals surface area contributed by atoms with Gasteiger partial charge < -0.3 is 15.2 Å². The SMILES string of the molecule is Cc1noc(C)c1S(=O)(=O)NC(C)C(=O)NCCC1CCNC1. The molecule has 2 atom stereocenters. The molecule has 1 amide bonds. The number of hydrogen-bond donors (Lipinski definition) is 3. The first kappa shape index (κ1) is 17.9. The van der Waals surface area contributed by atoms with E-state index in [2.05, 4.69) is 20.5 Å². The molecule has 1 aliphatic heterocycles. The number of sulfonamides is 1. The number of carbonyl (C=O) groups excluding carboxylic acids is 1. The molecule has 0 bridgehead atoms. The van der Waals surface area contributed by atoms with Crippen molar-refractivity contribution in [1.29, 1.82) is 0 Å². The largest absolute Gasteiger partial charge is 0.360 e. The number of nitrogens with zero attached hydrogens (tertiary/aromatic N) is 1. The first-order valence-corrected chi connectivity index (χ1v) is 9.23. The van der Waals surface area contributed by atoms with Crippen molar-refractivity contribution in [2.45, 2.75) is 44.6 Å². The number of nitrogens with one attached hydrogen (secondary N) is 3. The fourth-order valence-corrected chi connectivity index (χ4v) is 4.25. The molecule has 0 aromatic carbocycles. The van der Waals surface area contributed by atoms with E-state index in [-0.39, 0.29) is 22.3 Å². The minimum absolute atomic E-state index is 0.00539. The highest BCUT2D eigenvalue weighted by Gasteiger charge is 2.28. The van der Waals surface area contributed by atoms with E-state index in [4.69, 9.17) is 4.52 Å². The lowest BCUT2D eigenvalue weighted by atomic mass is 10.1. The standard InChI is InChI=1S/C14H24N4O4S/c1-9-13(11(3)22-17-9)23(20,21)18-10(2)14(19)16-7-5-12-4-6-15-8-12/h10,12,15,18H,4-8H2,1-3H3,(H,16,19). The van der Waals surface area contributed by atoms with Crippen LogP contribution in [0.5, 0.6) is 0 Å². The van der Waals surface area contributed by atoms with Crippen molar-refractivity contribution in [1.82, 2.24) is 20.5 Å². The molecule has 23 heavy (non-hydrogen) atoms. The van der Waals surface area contributed by atoms with Crippen LogP contribution in [0.2, 0.25) is 0 Å². The van der Waals surface area contributed by atoms with Gasteiger partial charge >= 0.3 is 0 Å². The van der Waals surface area contributed by atoms with Crippen molar-refractivity contribution in [3.63, 3.8) is 0 Å². The summed E-state index contributed by atoms with van der Waals surface area (Å²) in [7, 11) is -3.84. The van der Waals surface area contributed by atoms with Gasteiger partial charge in [-0.3, -0.25) is 4.79 Å². The Labute approximate surface area is 136 Å². The molecule has 8 nitrogen and oxygen atoms in total. The van der Waals surface area contributed by atoms with E-state index in [0.717, 1.165) is 25.9 Å². The maximum Gasteiger partial charge on any atom is 0.246 e. The summed E-state index contributed by atoms with van der Waals surface area (Å²) in [6.45, 7) is 7.13. The summed E-state index contributed by atoms with van der Waals surface area (Å²) in [6.07, 6.45) is 2.01. The quantitative estimate of drug-likeness (QED) is 0.645. The molecule has 9 heteroatoms. The minimum Gasteiger partial charge on any atom is -0.360 e. The Kier molecular flexibility index (Phi) is 5.77. The fraction of sp³-hybridized carbons (Fsp3) is 0.714. The topological polar surface area (TPSA) is 113 Å². The van der Waals surface area contributed by atoms with Crippen molar-refractivity contribution in [3.8, 4) is 0 Å². The normalized spacial score (nSPS) is 19.7. The van der Waals surface area contributed by atoms with Crippen LogP contribution in [-0.4, -0.2) is 45.2 Å². The Balaban J connectivity index is 1.87. The number of aryl methyl sites for hydroxylation is 2. The summed E-state index contributed by atoms with van der Waals surface area (Å²) in [5.74, 6) is 0.437. The zero-order chi connectivity index (χ0) is 17.0. The predicted molar refractivity (Wildman–Crippen MR) is 84.4 cm³/mol. The average Bonchev–Trinajstić information content (AvgIpc) is 3.08. The highest BCUT2D eigenvalue weighted by atomic mass is 32.2. The molecule has 1 fully saturated rings. The molecule has 0 aliphatic carbocycles. The van der Waals surface area contributed by atoms with Gasteiger partial charge in [-0.25, -0.2) is 8.42 Å². The lowest BCUT2D eigenvalue weighted by Crippen LogP contribution is -2.45. The van der Waals surface area contributed by atoms with Crippen molar-refractivity contribution in [2.24, 2.45) is 5.92 Å². The Morgan fingerprint density at radius 2 is 2.22 bits per heavy atom. The van der Waals surface area contributed by atoms with Crippen molar-refractivity contribution >= 4 is 15.9 Å². The fourth-order valence-electron chi connectivity index (χ4n) is 2.72. The molecule has 2 unspecified atom stereocenters. The third-order valence-corrected chi connectivity index (χ3v) is 5.76. The zero-order valence-electron chi connectivity index (χ0n) is 13.7. The summed E-state index contributed by atoms with van der Waals surface area (Å²) in [4.78, 5) is 12.0. The van der Waals surface area contributed by atoms with Gasteiger partial charge in [0, 0.05) is 6.54 Å². The molecule has 1 aliphatic rings. The molecule has 0 saturated carbocycles. The predicted octanol–water partition coefficient (Wildman–Crippen LogP) is 0.0740. The molecule has 130 valence electrons. The van der Waals surface area contributed by atoms with Crippen LogP contribution in [0.3, 0.4) is 0 Å². The lowest BCUT2D eigenvalue weighted by Gasteiger charge is -2.15. The maximum atomic E-state index is 12.3. The second kappa shape index (κ2) is 7.41. The second-order valence-corrected chi connectivity index (χ2v) is 7.59. The Hall–Kier alpha value is -1.45. The Bertz CT molecular complexity index is 630. The van der Waals surface area contributed by atoms with Crippen LogP contribution in [0.4, 0.5) is 0 Å². The van der Waals surface area contributed by atoms with Crippen molar-refractivity contribution in [2.75, 3.05) is 19.6 Å². The first-order valence-electron chi connectivity index (χ1n) is 7.75. The van der Waals surface area contributed by atoms with Gasteiger partial charge in [0.15, 0.2) is 5.76 Å². The molecule has 3 N–H and O–H groups in total. The summed E-state index contributed by atoms with van der Waals surface area (Å²) < 4.78 is 31.9. The average molecular weight is 344 g/mol. The van der Waals surface area contributed by atoms with Gasteiger partial charge in [-0.05, 0) is 52.6 Å². The molecule has 1 aromatic heterocycles. The molecule has 2 rings (SSSR count). The van der Waals surface area contributed by atoms with E-state index in [1.807, 2.05) is 0 Å². The van der Waals surface area contributed by atoms with Gasteiger partial charge in [0.2, 0.25) is 15.9 Å². The summed E-state index contributed by atoms with van der Waals surface area (Å²) in [5, 5.41) is 9.67. The first-order chi connectivity index (χ1) is 10.8. The molecule has 0 spiro atoms. The van der Waals surface area contributed by atoms with Crippen LogP contribution in [0.25, 0.3) is 0 Å². The molecule has 2 heterocycles. The van der Waals surface area contributed by atoms with Gasteiger partial charge in [-0.15, -0.1) is 0 Å². The number of aromatic nitrogens is 1.